The SMILES string of the molecule is Brc1nscc1I. The van der Waals surface area contributed by atoms with Gasteiger partial charge in [0.05, 0.1) is 3.57 Å². The van der Waals surface area contributed by atoms with Crippen molar-refractivity contribution in [1.82, 2.24) is 4.37 Å². The Balaban J connectivity index is 3.12. The molecule has 1 aromatic rings. The Labute approximate surface area is 67.6 Å². The van der Waals surface area contributed by atoms with Crippen LogP contribution in [0.2, 0.25) is 0 Å². The Hall–Kier alpha value is 0.840. The molecule has 0 aliphatic carbocycles. The highest BCUT2D eigenvalue weighted by molar-refractivity contribution is 14.1. The highest BCUT2D eigenvalue weighted by Crippen LogP contribution is 2.17. The standard InChI is InChI=1S/C3HBrINS/c4-3-2(5)1-7-6-3/h1H. The maximum Gasteiger partial charge on any atom is 0.133 e. The van der Waals surface area contributed by atoms with Gasteiger partial charge in [-0.25, -0.2) is 0 Å². The summed E-state index contributed by atoms with van der Waals surface area (Å²) < 4.78 is 6.11. The molecule has 0 spiro atoms. The van der Waals surface area contributed by atoms with Crippen molar-refractivity contribution in [2.75, 3.05) is 0 Å². The second-order valence-electron chi connectivity index (χ2n) is 0.953. The molecule has 0 saturated heterocycles. The van der Waals surface area contributed by atoms with Crippen molar-refractivity contribution in [3.05, 3.63) is 13.6 Å². The molecule has 0 atom stereocenters. The van der Waals surface area contributed by atoms with Crippen LogP contribution in [0.4, 0.5) is 0 Å². The Bertz CT molecular complexity index is 147. The first-order valence-electron chi connectivity index (χ1n) is 1.56. The lowest BCUT2D eigenvalue weighted by molar-refractivity contribution is 1.47. The topological polar surface area (TPSA) is 12.9 Å². The number of nitrogens with zero attached hydrogens (tertiary/aromatic N) is 1. The molecular formula is C3HBrINS. The predicted octanol–water partition coefficient (Wildman–Crippen LogP) is 2.51. The van der Waals surface area contributed by atoms with Gasteiger partial charge in [-0.2, -0.15) is 4.37 Å². The molecule has 1 rings (SSSR count). The number of hydrogen-bond acceptors (Lipinski definition) is 2. The van der Waals surface area contributed by atoms with Crippen molar-refractivity contribution in [1.29, 1.82) is 0 Å². The smallest absolute Gasteiger partial charge is 0.133 e. The molecule has 0 N–H and O–H groups in total. The van der Waals surface area contributed by atoms with Gasteiger partial charge in [0, 0.05) is 5.38 Å². The Morgan fingerprint density at radius 2 is 2.57 bits per heavy atom. The first-order valence-corrected chi connectivity index (χ1v) is 4.27. The van der Waals surface area contributed by atoms with Gasteiger partial charge in [0.15, 0.2) is 0 Å². The third kappa shape index (κ3) is 1.36. The van der Waals surface area contributed by atoms with Gasteiger partial charge in [0.25, 0.3) is 0 Å². The summed E-state index contributed by atoms with van der Waals surface area (Å²) in [5.41, 5.74) is 0. The highest BCUT2D eigenvalue weighted by Gasteiger charge is 1.93. The number of aromatic nitrogens is 1. The van der Waals surface area contributed by atoms with Gasteiger partial charge in [-0.05, 0) is 50.1 Å². The highest BCUT2D eigenvalue weighted by atomic mass is 127. The summed E-state index contributed by atoms with van der Waals surface area (Å²) >= 11 is 6.94. The van der Waals surface area contributed by atoms with E-state index in [1.165, 1.54) is 15.1 Å². The molecule has 38 valence electrons. The van der Waals surface area contributed by atoms with Crippen molar-refractivity contribution < 1.29 is 0 Å². The zero-order valence-corrected chi connectivity index (χ0v) is 7.75. The van der Waals surface area contributed by atoms with E-state index in [-0.39, 0.29) is 0 Å². The number of hydrogen-bond donors (Lipinski definition) is 0. The van der Waals surface area contributed by atoms with Crippen LogP contribution in [0.5, 0.6) is 0 Å². The molecule has 0 bridgehead atoms. The Kier molecular flexibility index (Phi) is 2.05. The second-order valence-corrected chi connectivity index (χ2v) is 3.50. The van der Waals surface area contributed by atoms with E-state index in [2.05, 4.69) is 42.9 Å². The average Bonchev–Trinajstić information content (AvgIpc) is 1.91. The van der Waals surface area contributed by atoms with E-state index < -0.39 is 0 Å². The van der Waals surface area contributed by atoms with Gasteiger partial charge < -0.3 is 0 Å². The van der Waals surface area contributed by atoms with E-state index in [4.69, 9.17) is 0 Å². The summed E-state index contributed by atoms with van der Waals surface area (Å²) in [4.78, 5) is 0. The monoisotopic (exact) mass is 289 g/mol. The second kappa shape index (κ2) is 2.41. The molecule has 0 fully saturated rings. The zero-order chi connectivity index (χ0) is 5.28. The zero-order valence-electron chi connectivity index (χ0n) is 3.19. The molecule has 0 amide bonds. The molecular weight excluding hydrogens is 289 g/mol. The first kappa shape index (κ1) is 5.97. The fraction of sp³-hybridized carbons (Fsp3) is 0. The van der Waals surface area contributed by atoms with Gasteiger partial charge in [0.2, 0.25) is 0 Å². The molecule has 0 saturated carbocycles. The van der Waals surface area contributed by atoms with E-state index in [9.17, 15) is 0 Å². The van der Waals surface area contributed by atoms with Gasteiger partial charge in [0.1, 0.15) is 4.60 Å². The summed E-state index contributed by atoms with van der Waals surface area (Å²) in [5, 5.41) is 1.99. The van der Waals surface area contributed by atoms with Gasteiger partial charge in [-0.15, -0.1) is 0 Å². The van der Waals surface area contributed by atoms with Crippen LogP contribution in [0.1, 0.15) is 0 Å². The lowest BCUT2D eigenvalue weighted by Crippen LogP contribution is -1.59. The Morgan fingerprint density at radius 3 is 2.71 bits per heavy atom. The summed E-state index contributed by atoms with van der Waals surface area (Å²) in [6.45, 7) is 0. The molecule has 1 heterocycles. The first-order chi connectivity index (χ1) is 3.30. The third-order valence-electron chi connectivity index (χ3n) is 0.486. The minimum absolute atomic E-state index is 0.957. The van der Waals surface area contributed by atoms with Crippen molar-refractivity contribution in [2.45, 2.75) is 0 Å². The van der Waals surface area contributed by atoms with Crippen LogP contribution < -0.4 is 0 Å². The quantitative estimate of drug-likeness (QED) is 0.669. The minimum atomic E-state index is 0.957. The third-order valence-corrected chi connectivity index (χ3v) is 3.94. The maximum absolute atomic E-state index is 3.97. The van der Waals surface area contributed by atoms with Crippen LogP contribution in [0.3, 0.4) is 0 Å². The molecule has 7 heavy (non-hydrogen) atoms. The van der Waals surface area contributed by atoms with Crippen LogP contribution in [0.15, 0.2) is 9.98 Å². The van der Waals surface area contributed by atoms with Crippen molar-refractivity contribution in [3.63, 3.8) is 0 Å². The largest absolute Gasteiger partial charge is 0.185 e. The van der Waals surface area contributed by atoms with E-state index in [0.29, 0.717) is 0 Å². The molecule has 0 unspecified atom stereocenters. The van der Waals surface area contributed by atoms with Crippen LogP contribution >= 0.6 is 50.1 Å². The normalized spacial score (nSPS) is 9.43. The van der Waals surface area contributed by atoms with Gasteiger partial charge >= 0.3 is 0 Å². The molecule has 0 aliphatic heterocycles. The van der Waals surface area contributed by atoms with E-state index >= 15 is 0 Å². The fourth-order valence-electron chi connectivity index (χ4n) is 0.211. The van der Waals surface area contributed by atoms with Crippen LogP contribution in [0, 0.1) is 3.57 Å². The maximum atomic E-state index is 3.97. The average molecular weight is 290 g/mol. The molecule has 1 aromatic heterocycles. The minimum Gasteiger partial charge on any atom is -0.185 e. The summed E-state index contributed by atoms with van der Waals surface area (Å²) in [6, 6.07) is 0. The van der Waals surface area contributed by atoms with Crippen LogP contribution in [0.25, 0.3) is 0 Å². The van der Waals surface area contributed by atoms with Crippen molar-refractivity contribution in [2.24, 2.45) is 0 Å². The van der Waals surface area contributed by atoms with E-state index in [1.807, 2.05) is 5.38 Å². The molecule has 0 aromatic carbocycles. The predicted molar refractivity (Wildman–Crippen MR) is 42.5 cm³/mol. The fourth-order valence-corrected chi connectivity index (χ4v) is 1.80. The van der Waals surface area contributed by atoms with Gasteiger partial charge in [-0.3, -0.25) is 0 Å². The van der Waals surface area contributed by atoms with E-state index in [1.54, 1.807) is 0 Å². The van der Waals surface area contributed by atoms with E-state index in [0.717, 1.165) is 4.60 Å². The summed E-state index contributed by atoms with van der Waals surface area (Å²) in [5.74, 6) is 0. The lowest BCUT2D eigenvalue weighted by atomic mass is 10.8. The van der Waals surface area contributed by atoms with Crippen molar-refractivity contribution in [3.8, 4) is 0 Å². The van der Waals surface area contributed by atoms with Crippen LogP contribution in [-0.4, -0.2) is 4.37 Å². The lowest BCUT2D eigenvalue weighted by Gasteiger charge is -1.72. The summed E-state index contributed by atoms with van der Waals surface area (Å²) in [6.07, 6.45) is 0. The molecule has 0 aliphatic rings. The summed E-state index contributed by atoms with van der Waals surface area (Å²) in [7, 11) is 0. The molecule has 0 radical (unpaired) electrons. The van der Waals surface area contributed by atoms with Gasteiger partial charge in [-0.1, -0.05) is 0 Å². The molecule has 4 heteroatoms. The molecule has 1 nitrogen and oxygen atoms in total. The van der Waals surface area contributed by atoms with Crippen LogP contribution in [-0.2, 0) is 0 Å². The van der Waals surface area contributed by atoms with Crippen molar-refractivity contribution >= 4 is 50.1 Å². The Morgan fingerprint density at radius 1 is 1.86 bits per heavy atom. The number of halogens is 2. The number of rotatable bonds is 0.